The summed E-state index contributed by atoms with van der Waals surface area (Å²) in [6, 6.07) is 10.2. The summed E-state index contributed by atoms with van der Waals surface area (Å²) in [5.74, 6) is -0.588. The van der Waals surface area contributed by atoms with Crippen molar-refractivity contribution < 1.29 is 17.9 Å². The van der Waals surface area contributed by atoms with Crippen LogP contribution in [0, 0.1) is 11.3 Å². The monoisotopic (exact) mass is 551 g/mol. The lowest BCUT2D eigenvalue weighted by Gasteiger charge is -2.18. The number of sulfonamides is 1. The van der Waals surface area contributed by atoms with E-state index >= 15 is 0 Å². The molecule has 1 amide bonds. The van der Waals surface area contributed by atoms with Crippen LogP contribution in [0.1, 0.15) is 34.3 Å². The molecule has 0 aliphatic heterocycles. The van der Waals surface area contributed by atoms with Gasteiger partial charge in [0.25, 0.3) is 17.3 Å². The van der Waals surface area contributed by atoms with Crippen molar-refractivity contribution >= 4 is 43.3 Å². The van der Waals surface area contributed by atoms with Crippen molar-refractivity contribution in [2.45, 2.75) is 24.1 Å². The molecule has 0 bridgehead atoms. The SMILES string of the molecule is Cn1c(=O)c(C(=O)NCc2ccc(C#N)cc2)cc2cnnc(OCC3(S(=O)(=O)Nc4nccs4)CC3)c21. The smallest absolute Gasteiger partial charge is 0.263 e. The van der Waals surface area contributed by atoms with Crippen LogP contribution < -0.4 is 20.3 Å². The van der Waals surface area contributed by atoms with Gasteiger partial charge >= 0.3 is 0 Å². The lowest BCUT2D eigenvalue weighted by Crippen LogP contribution is -2.35. The molecule has 0 saturated heterocycles. The Balaban J connectivity index is 1.35. The fraction of sp³-hybridized carbons (Fsp3) is 0.250. The van der Waals surface area contributed by atoms with Crippen molar-refractivity contribution in [3.05, 3.63) is 75.1 Å². The molecule has 0 radical (unpaired) electrons. The summed E-state index contributed by atoms with van der Waals surface area (Å²) >= 11 is 1.17. The molecule has 0 unspecified atom stereocenters. The maximum absolute atomic E-state index is 13.1. The maximum Gasteiger partial charge on any atom is 0.263 e. The number of benzene rings is 1. The average molecular weight is 552 g/mol. The molecule has 0 spiro atoms. The summed E-state index contributed by atoms with van der Waals surface area (Å²) in [7, 11) is -2.30. The predicted molar refractivity (Wildman–Crippen MR) is 139 cm³/mol. The zero-order valence-electron chi connectivity index (χ0n) is 20.0. The number of rotatable bonds is 9. The second-order valence-corrected chi connectivity index (χ2v) is 11.8. The lowest BCUT2D eigenvalue weighted by molar-refractivity contribution is 0.0949. The van der Waals surface area contributed by atoms with Gasteiger partial charge in [-0.1, -0.05) is 12.1 Å². The lowest BCUT2D eigenvalue weighted by atomic mass is 10.1. The van der Waals surface area contributed by atoms with Crippen molar-refractivity contribution in [2.24, 2.45) is 7.05 Å². The van der Waals surface area contributed by atoms with Gasteiger partial charge in [0, 0.05) is 30.6 Å². The third-order valence-corrected chi connectivity index (χ3v) is 9.22. The average Bonchev–Trinajstić information content (AvgIpc) is 3.57. The van der Waals surface area contributed by atoms with Gasteiger partial charge in [-0.3, -0.25) is 14.3 Å². The minimum Gasteiger partial charge on any atom is -0.473 e. The Morgan fingerprint density at radius 1 is 1.29 bits per heavy atom. The zero-order valence-corrected chi connectivity index (χ0v) is 21.7. The van der Waals surface area contributed by atoms with Crippen LogP contribution in [0.5, 0.6) is 5.88 Å². The number of aryl methyl sites for hydroxylation is 1. The Kier molecular flexibility index (Phi) is 6.55. The zero-order chi connectivity index (χ0) is 26.9. The van der Waals surface area contributed by atoms with E-state index in [0.29, 0.717) is 23.8 Å². The second-order valence-electron chi connectivity index (χ2n) is 8.78. The minimum absolute atomic E-state index is 0.0117. The van der Waals surface area contributed by atoms with E-state index in [-0.39, 0.29) is 35.2 Å². The number of pyridine rings is 1. The first kappa shape index (κ1) is 25.3. The topological polar surface area (TPSA) is 169 Å². The minimum atomic E-state index is -3.78. The molecule has 194 valence electrons. The van der Waals surface area contributed by atoms with Crippen LogP contribution in [0.3, 0.4) is 0 Å². The highest BCUT2D eigenvalue weighted by Gasteiger charge is 2.56. The number of hydrogen-bond acceptors (Lipinski definition) is 10. The maximum atomic E-state index is 13.1. The quantitative estimate of drug-likeness (QED) is 0.316. The van der Waals surface area contributed by atoms with E-state index in [1.807, 2.05) is 6.07 Å². The number of carbonyl (C=O) groups excluding carboxylic acids is 1. The molecule has 3 aromatic heterocycles. The molecule has 4 aromatic rings. The van der Waals surface area contributed by atoms with Gasteiger partial charge in [-0.2, -0.15) is 10.4 Å². The van der Waals surface area contributed by atoms with Gasteiger partial charge in [0.05, 0.1) is 17.8 Å². The number of ether oxygens (including phenoxy) is 1. The molecule has 5 rings (SSSR count). The van der Waals surface area contributed by atoms with E-state index in [4.69, 9.17) is 10.00 Å². The van der Waals surface area contributed by atoms with Crippen LogP contribution in [-0.2, 0) is 23.6 Å². The highest BCUT2D eigenvalue weighted by Crippen LogP contribution is 2.44. The third-order valence-electron chi connectivity index (χ3n) is 6.28. The predicted octanol–water partition coefficient (Wildman–Crippen LogP) is 1.94. The number of thiazole rings is 1. The van der Waals surface area contributed by atoms with Gasteiger partial charge in [0.15, 0.2) is 5.13 Å². The van der Waals surface area contributed by atoms with E-state index in [1.54, 1.807) is 29.6 Å². The molecule has 14 heteroatoms. The molecule has 2 N–H and O–H groups in total. The van der Waals surface area contributed by atoms with Crippen LogP contribution in [0.4, 0.5) is 5.13 Å². The van der Waals surface area contributed by atoms with Crippen molar-refractivity contribution in [2.75, 3.05) is 11.3 Å². The van der Waals surface area contributed by atoms with Crippen molar-refractivity contribution in [1.82, 2.24) is 25.1 Å². The Labute approximate surface area is 221 Å². The number of hydrogen-bond donors (Lipinski definition) is 2. The number of amides is 1. The van der Waals surface area contributed by atoms with E-state index in [9.17, 15) is 18.0 Å². The van der Waals surface area contributed by atoms with E-state index in [0.717, 1.165) is 5.56 Å². The number of nitrogens with zero attached hydrogens (tertiary/aromatic N) is 5. The molecule has 0 atom stereocenters. The summed E-state index contributed by atoms with van der Waals surface area (Å²) < 4.78 is 34.3. The second kappa shape index (κ2) is 9.84. The van der Waals surface area contributed by atoms with Crippen LogP contribution in [0.2, 0.25) is 0 Å². The summed E-state index contributed by atoms with van der Waals surface area (Å²) in [6.07, 6.45) is 3.70. The van der Waals surface area contributed by atoms with E-state index < -0.39 is 26.2 Å². The number of nitrogens with one attached hydrogen (secondary N) is 2. The van der Waals surface area contributed by atoms with Crippen LogP contribution in [0.15, 0.2) is 52.9 Å². The van der Waals surface area contributed by atoms with Gasteiger partial charge in [0.1, 0.15) is 22.4 Å². The first-order valence-corrected chi connectivity index (χ1v) is 13.8. The van der Waals surface area contributed by atoms with Gasteiger partial charge in [-0.25, -0.2) is 13.4 Å². The van der Waals surface area contributed by atoms with Crippen molar-refractivity contribution in [3.63, 3.8) is 0 Å². The summed E-state index contributed by atoms with van der Waals surface area (Å²) in [5.41, 5.74) is 0.886. The largest absolute Gasteiger partial charge is 0.473 e. The number of nitriles is 1. The Morgan fingerprint density at radius 3 is 2.71 bits per heavy atom. The summed E-state index contributed by atoms with van der Waals surface area (Å²) in [5, 5.41) is 21.9. The summed E-state index contributed by atoms with van der Waals surface area (Å²) in [6.45, 7) is -0.0250. The molecule has 12 nitrogen and oxygen atoms in total. The summed E-state index contributed by atoms with van der Waals surface area (Å²) in [4.78, 5) is 29.9. The molecule has 1 fully saturated rings. The number of fused-ring (bicyclic) bond motifs is 1. The molecule has 1 aromatic carbocycles. The van der Waals surface area contributed by atoms with Crippen LogP contribution >= 0.6 is 11.3 Å². The first-order chi connectivity index (χ1) is 18.2. The highest BCUT2D eigenvalue weighted by atomic mass is 32.2. The number of anilines is 1. The molecule has 1 aliphatic rings. The van der Waals surface area contributed by atoms with E-state index in [2.05, 4.69) is 25.2 Å². The van der Waals surface area contributed by atoms with Crippen molar-refractivity contribution in [1.29, 1.82) is 5.26 Å². The molecule has 38 heavy (non-hydrogen) atoms. The van der Waals surface area contributed by atoms with Gasteiger partial charge < -0.3 is 14.6 Å². The molecule has 1 aliphatic carbocycles. The van der Waals surface area contributed by atoms with Crippen LogP contribution in [-0.4, -0.2) is 45.4 Å². The highest BCUT2D eigenvalue weighted by molar-refractivity contribution is 7.94. The van der Waals surface area contributed by atoms with Gasteiger partial charge in [0.2, 0.25) is 10.0 Å². The Hall–Kier alpha value is -4.35. The molecule has 3 heterocycles. The Bertz CT molecular complexity index is 1720. The van der Waals surface area contributed by atoms with Crippen molar-refractivity contribution in [3.8, 4) is 11.9 Å². The number of aromatic nitrogens is 4. The van der Waals surface area contributed by atoms with Crippen LogP contribution in [0.25, 0.3) is 10.9 Å². The molecular weight excluding hydrogens is 530 g/mol. The molecular formula is C24H21N7O5S2. The fourth-order valence-corrected chi connectivity index (χ4v) is 6.13. The first-order valence-electron chi connectivity index (χ1n) is 11.4. The van der Waals surface area contributed by atoms with E-state index in [1.165, 1.54) is 41.4 Å². The third kappa shape index (κ3) is 4.81. The van der Waals surface area contributed by atoms with Gasteiger partial charge in [-0.05, 0) is 36.6 Å². The Morgan fingerprint density at radius 2 is 2.05 bits per heavy atom. The standard InChI is InChI=1S/C24H21N7O5S2/c1-31-19-17(10-18(22(31)33)20(32)27-12-16-4-2-15(11-25)3-5-16)13-28-29-21(19)36-14-24(6-7-24)38(34,35)30-23-26-8-9-37-23/h2-5,8-10,13H,6-7,12,14H2,1H3,(H,26,30)(H,27,32). The molecule has 1 saturated carbocycles. The van der Waals surface area contributed by atoms with Gasteiger partial charge in [-0.15, -0.1) is 16.4 Å². The number of carbonyl (C=O) groups is 1. The fourth-order valence-electron chi connectivity index (χ4n) is 3.88. The normalized spacial score (nSPS) is 14.0.